The summed E-state index contributed by atoms with van der Waals surface area (Å²) >= 11 is 0. The molecule has 0 aromatic rings. The molecule has 0 saturated carbocycles. The van der Waals surface area contributed by atoms with E-state index in [1.807, 2.05) is 0 Å². The molecule has 7 heteroatoms. The van der Waals surface area contributed by atoms with Gasteiger partial charge in [-0.15, -0.1) is 0 Å². The second kappa shape index (κ2) is 3.21. The van der Waals surface area contributed by atoms with Crippen LogP contribution in [0, 0.1) is 0 Å². The quantitative estimate of drug-likeness (QED) is 0.542. The summed E-state index contributed by atoms with van der Waals surface area (Å²) in [6.07, 6.45) is 0. The van der Waals surface area contributed by atoms with Crippen molar-refractivity contribution in [2.24, 2.45) is 0 Å². The number of hydrogen-bond acceptors (Lipinski definition) is 4. The summed E-state index contributed by atoms with van der Waals surface area (Å²) in [5.41, 5.74) is 0. The van der Waals surface area contributed by atoms with Crippen LogP contribution in [-0.4, -0.2) is 4.89 Å². The highest BCUT2D eigenvalue weighted by Crippen LogP contribution is 2.54. The van der Waals surface area contributed by atoms with Crippen LogP contribution >= 0.6 is 26.7 Å². The van der Waals surface area contributed by atoms with E-state index in [0.717, 1.165) is 0 Å². The molecule has 0 aliphatic carbocycles. The third kappa shape index (κ3) is 2.25. The van der Waals surface area contributed by atoms with E-state index in [1.165, 1.54) is 0 Å². The van der Waals surface area contributed by atoms with Crippen molar-refractivity contribution in [1.82, 2.24) is 0 Å². The Balaban J connectivity index is 2.12. The van der Waals surface area contributed by atoms with E-state index < -0.39 is 8.60 Å². The molecule has 0 aromatic heterocycles. The van der Waals surface area contributed by atoms with Crippen molar-refractivity contribution in [1.29, 1.82) is 0 Å². The Morgan fingerprint density at radius 1 is 1.29 bits per heavy atom. The Morgan fingerprint density at radius 3 is 2.14 bits per heavy atom. The van der Waals surface area contributed by atoms with Crippen molar-refractivity contribution >= 4 is 26.7 Å². The lowest BCUT2D eigenvalue weighted by atomic mass is 15.7. The van der Waals surface area contributed by atoms with Crippen molar-refractivity contribution in [2.75, 3.05) is 0 Å². The first-order valence-corrected chi connectivity index (χ1v) is 4.14. The zero-order valence-corrected chi connectivity index (χ0v) is 6.01. The van der Waals surface area contributed by atoms with Crippen molar-refractivity contribution in [3.05, 3.63) is 0 Å². The van der Waals surface area contributed by atoms with Crippen LogP contribution in [-0.2, 0) is 12.9 Å². The van der Waals surface area contributed by atoms with Gasteiger partial charge in [-0.3, -0.25) is 12.9 Å². The molecule has 1 saturated heterocycles. The molecule has 1 aliphatic rings. The summed E-state index contributed by atoms with van der Waals surface area (Å²) in [7, 11) is -1.70. The molecule has 0 bridgehead atoms. The summed E-state index contributed by atoms with van der Waals surface area (Å²) in [6, 6.07) is 0. The molecule has 1 fully saturated rings. The van der Waals surface area contributed by atoms with Crippen LogP contribution < -0.4 is 0 Å². The van der Waals surface area contributed by atoms with Crippen molar-refractivity contribution < 1.29 is 17.8 Å². The molecular weight excluding hydrogens is 157 g/mol. The van der Waals surface area contributed by atoms with E-state index in [2.05, 4.69) is 12.9 Å². The van der Waals surface area contributed by atoms with Gasteiger partial charge in [-0.1, -0.05) is 0 Å². The Bertz CT molecular complexity index is 48.9. The van der Waals surface area contributed by atoms with Crippen LogP contribution in [0.3, 0.4) is 0 Å². The van der Waals surface area contributed by atoms with E-state index >= 15 is 0 Å². The molecule has 2 unspecified atom stereocenters. The van der Waals surface area contributed by atoms with Gasteiger partial charge in [-0.25, -0.2) is 0 Å². The van der Waals surface area contributed by atoms with Crippen LogP contribution in [0.4, 0.5) is 0 Å². The smallest absolute Gasteiger partial charge is 0.328 e. The topological polar surface area (TPSA) is 47.9 Å². The minimum Gasteiger partial charge on any atom is -0.328 e. The van der Waals surface area contributed by atoms with Gasteiger partial charge in [0.05, 0.1) is 0 Å². The maximum Gasteiger partial charge on any atom is 0.340 e. The minimum absolute atomic E-state index is 0.0518. The summed E-state index contributed by atoms with van der Waals surface area (Å²) in [6.45, 7) is 0. The van der Waals surface area contributed by atoms with E-state index in [4.69, 9.17) is 4.89 Å². The first kappa shape index (κ1) is 6.25. The zero-order valence-electron chi connectivity index (χ0n) is 3.12. The Kier molecular flexibility index (Phi) is 2.87. The molecule has 1 N–H and O–H groups in total. The zero-order chi connectivity index (χ0) is 5.11. The normalized spacial score (nSPS) is 39.9. The number of rotatable bonds is 0. The maximum atomic E-state index is 8.46. The average Bonchev–Trinajstić information content (AvgIpc) is 1.69. The largest absolute Gasteiger partial charge is 0.340 e. The fraction of sp³-hybridized carbons (Fsp3) is 0. The lowest BCUT2D eigenvalue weighted by Gasteiger charge is -2.13. The summed E-state index contributed by atoms with van der Waals surface area (Å²) in [5.74, 6) is 0. The Hall–Kier alpha value is 1.13. The third-order valence-corrected chi connectivity index (χ3v) is 2.83. The van der Waals surface area contributed by atoms with Gasteiger partial charge in [0.2, 0.25) is 0 Å². The molecule has 4 nitrogen and oxygen atoms in total. The molecule has 0 amide bonds. The van der Waals surface area contributed by atoms with Crippen LogP contribution in [0.25, 0.3) is 0 Å². The highest BCUT2D eigenvalue weighted by molar-refractivity contribution is 7.60. The summed E-state index contributed by atoms with van der Waals surface area (Å²) < 4.78 is 13.6. The minimum atomic E-state index is -1.59. The first-order valence-electron chi connectivity index (χ1n) is 1.38. The van der Waals surface area contributed by atoms with Gasteiger partial charge in [-0.2, -0.15) is 0 Å². The van der Waals surface area contributed by atoms with Crippen LogP contribution in [0.1, 0.15) is 0 Å². The van der Waals surface area contributed by atoms with E-state index in [0.29, 0.717) is 0 Å². The van der Waals surface area contributed by atoms with Gasteiger partial charge >= 0.3 is 8.60 Å². The molecule has 1 rings (SSSR count). The van der Waals surface area contributed by atoms with Gasteiger partial charge in [0, 0.05) is 0 Å². The number of hydrogen-bond donors (Lipinski definition) is 1. The molecule has 1 aliphatic heterocycles. The Labute approximate surface area is 45.4 Å². The van der Waals surface area contributed by atoms with Crippen molar-refractivity contribution in [2.45, 2.75) is 0 Å². The van der Waals surface area contributed by atoms with Gasteiger partial charge in [0.15, 0.2) is 18.1 Å². The monoisotopic (exact) mass is 160 g/mol. The van der Waals surface area contributed by atoms with Gasteiger partial charge in [0.25, 0.3) is 0 Å². The molecule has 0 aromatic carbocycles. The molecule has 1 heterocycles. The van der Waals surface area contributed by atoms with Gasteiger partial charge < -0.3 is 4.89 Å². The van der Waals surface area contributed by atoms with Crippen molar-refractivity contribution in [3.63, 3.8) is 0 Å². The lowest BCUT2D eigenvalue weighted by Crippen LogP contribution is -1.77. The van der Waals surface area contributed by atoms with E-state index in [-0.39, 0.29) is 18.1 Å². The van der Waals surface area contributed by atoms with E-state index in [1.54, 1.807) is 0 Å². The van der Waals surface area contributed by atoms with Gasteiger partial charge in [-0.05, 0) is 0 Å². The molecule has 2 atom stereocenters. The standard InChI is InChI=1S/H3O4P3/c1-7-3-5-2-6-4-7/h1,5-6H. The Morgan fingerprint density at radius 2 is 1.86 bits per heavy atom. The molecule has 42 valence electrons. The molecule has 0 radical (unpaired) electrons. The first-order chi connectivity index (χ1) is 3.39. The lowest BCUT2D eigenvalue weighted by molar-refractivity contribution is 0.366. The van der Waals surface area contributed by atoms with Crippen LogP contribution in [0.5, 0.6) is 0 Å². The third-order valence-electron chi connectivity index (χ3n) is 0.314. The predicted molar refractivity (Wildman–Crippen MR) is 29.0 cm³/mol. The van der Waals surface area contributed by atoms with E-state index in [9.17, 15) is 0 Å². The van der Waals surface area contributed by atoms with Crippen LogP contribution in [0.15, 0.2) is 0 Å². The molecule has 7 heavy (non-hydrogen) atoms. The fourth-order valence-electron chi connectivity index (χ4n) is 0.137. The SMILES string of the molecule is OP1OPOPO1. The summed E-state index contributed by atoms with van der Waals surface area (Å²) in [5, 5.41) is 0. The second-order valence-corrected chi connectivity index (χ2v) is 3.78. The van der Waals surface area contributed by atoms with Crippen molar-refractivity contribution in [3.8, 4) is 0 Å². The molecular formula is H3O4P3. The fourth-order valence-corrected chi connectivity index (χ4v) is 2.24. The second-order valence-electron chi connectivity index (χ2n) is 0.689. The van der Waals surface area contributed by atoms with Crippen LogP contribution in [0.2, 0.25) is 0 Å². The maximum absolute atomic E-state index is 8.46. The predicted octanol–water partition coefficient (Wildman–Crippen LogP) is 1.29. The molecule has 0 spiro atoms. The average molecular weight is 160 g/mol. The summed E-state index contributed by atoms with van der Waals surface area (Å²) in [4.78, 5) is 8.46. The van der Waals surface area contributed by atoms with Gasteiger partial charge in [0.1, 0.15) is 0 Å². The highest BCUT2D eigenvalue weighted by Gasteiger charge is 2.11. The highest BCUT2D eigenvalue weighted by atomic mass is 31.3.